The van der Waals surface area contributed by atoms with Crippen LogP contribution in [0.4, 0.5) is 5.69 Å². The molecule has 2 aromatic rings. The van der Waals surface area contributed by atoms with E-state index in [4.69, 9.17) is 9.47 Å². The van der Waals surface area contributed by atoms with Crippen molar-refractivity contribution in [2.45, 2.75) is 47.9 Å². The van der Waals surface area contributed by atoms with E-state index in [1.165, 1.54) is 42.4 Å². The van der Waals surface area contributed by atoms with Gasteiger partial charge in [0.2, 0.25) is 15.9 Å². The van der Waals surface area contributed by atoms with Crippen LogP contribution in [-0.2, 0) is 14.8 Å². The number of amides is 1. The predicted octanol–water partition coefficient (Wildman–Crippen LogP) is 4.39. The van der Waals surface area contributed by atoms with Crippen LogP contribution in [0.1, 0.15) is 32.1 Å². The highest BCUT2D eigenvalue weighted by atomic mass is 32.2. The van der Waals surface area contributed by atoms with Crippen molar-refractivity contribution in [2.24, 2.45) is 0 Å². The summed E-state index contributed by atoms with van der Waals surface area (Å²) in [5.74, 6) is 0.415. The fraction of sp³-hybridized carbons (Fsp3) is 0.435. The first-order valence-electron chi connectivity index (χ1n) is 10.6. The first kappa shape index (κ1) is 24.4. The zero-order valence-corrected chi connectivity index (χ0v) is 20.3. The summed E-state index contributed by atoms with van der Waals surface area (Å²) in [6.07, 6.45) is 6.37. The average Bonchev–Trinajstić information content (AvgIpc) is 2.82. The van der Waals surface area contributed by atoms with Crippen LogP contribution >= 0.6 is 11.8 Å². The van der Waals surface area contributed by atoms with Crippen LogP contribution < -0.4 is 14.8 Å². The smallest absolute Gasteiger partial charge is 0.243 e. The molecule has 1 aliphatic carbocycles. The molecule has 0 spiro atoms. The van der Waals surface area contributed by atoms with Crippen LogP contribution in [0.15, 0.2) is 52.3 Å². The Bertz CT molecular complexity index is 1040. The fourth-order valence-electron chi connectivity index (χ4n) is 3.97. The van der Waals surface area contributed by atoms with Gasteiger partial charge in [-0.15, -0.1) is 11.8 Å². The summed E-state index contributed by atoms with van der Waals surface area (Å²) in [7, 11) is -0.970. The summed E-state index contributed by atoms with van der Waals surface area (Å²) in [6, 6.07) is 11.8. The molecule has 1 saturated carbocycles. The molecule has 0 bridgehead atoms. The number of sulfonamides is 1. The number of nitrogens with one attached hydrogen (secondary N) is 1. The molecule has 2 aromatic carbocycles. The van der Waals surface area contributed by atoms with Crippen LogP contribution in [0.2, 0.25) is 0 Å². The van der Waals surface area contributed by atoms with Crippen molar-refractivity contribution in [3.8, 4) is 11.5 Å². The Morgan fingerprint density at radius 1 is 1.06 bits per heavy atom. The SMILES string of the molecule is COc1ccc(S(=O)(=O)N(CC(=O)Nc2ccccc2SC)C2CCCCC2)cc1OC. The van der Waals surface area contributed by atoms with Crippen molar-refractivity contribution in [1.29, 1.82) is 0 Å². The number of anilines is 1. The second kappa shape index (κ2) is 11.1. The number of methoxy groups -OCH3 is 2. The van der Waals surface area contributed by atoms with Crippen molar-refractivity contribution in [2.75, 3.05) is 32.3 Å². The molecule has 0 aromatic heterocycles. The lowest BCUT2D eigenvalue weighted by Gasteiger charge is -2.33. The van der Waals surface area contributed by atoms with E-state index in [9.17, 15) is 13.2 Å². The first-order chi connectivity index (χ1) is 15.4. The minimum absolute atomic E-state index is 0.0815. The Hall–Kier alpha value is -2.23. The number of hydrogen-bond acceptors (Lipinski definition) is 6. The molecule has 0 heterocycles. The van der Waals surface area contributed by atoms with E-state index in [-0.39, 0.29) is 23.4 Å². The maximum atomic E-state index is 13.7. The quantitative estimate of drug-likeness (QED) is 0.538. The molecule has 3 rings (SSSR count). The monoisotopic (exact) mass is 478 g/mol. The number of para-hydroxylation sites is 1. The predicted molar refractivity (Wildman–Crippen MR) is 127 cm³/mol. The third kappa shape index (κ3) is 5.57. The average molecular weight is 479 g/mol. The third-order valence-corrected chi connectivity index (χ3v) is 8.31. The third-order valence-electron chi connectivity index (χ3n) is 5.62. The second-order valence-electron chi connectivity index (χ2n) is 7.61. The van der Waals surface area contributed by atoms with E-state index in [0.717, 1.165) is 37.0 Å². The molecule has 32 heavy (non-hydrogen) atoms. The highest BCUT2D eigenvalue weighted by molar-refractivity contribution is 7.98. The van der Waals surface area contributed by atoms with E-state index in [0.29, 0.717) is 17.2 Å². The molecule has 1 N–H and O–H groups in total. The van der Waals surface area contributed by atoms with Gasteiger partial charge in [-0.3, -0.25) is 4.79 Å². The minimum Gasteiger partial charge on any atom is -0.493 e. The van der Waals surface area contributed by atoms with Crippen LogP contribution in [-0.4, -0.2) is 51.7 Å². The lowest BCUT2D eigenvalue weighted by molar-refractivity contribution is -0.116. The Morgan fingerprint density at radius 3 is 2.41 bits per heavy atom. The molecular weight excluding hydrogens is 448 g/mol. The normalized spacial score (nSPS) is 14.9. The standard InChI is InChI=1S/C23H30N2O5S2/c1-29-20-14-13-18(15-21(20)30-2)32(27,28)25(17-9-5-4-6-10-17)16-23(26)24-19-11-7-8-12-22(19)31-3/h7-8,11-15,17H,4-6,9-10,16H2,1-3H3,(H,24,26). The Labute approximate surface area is 194 Å². The van der Waals surface area contributed by atoms with Gasteiger partial charge in [-0.25, -0.2) is 8.42 Å². The maximum absolute atomic E-state index is 13.7. The van der Waals surface area contributed by atoms with Gasteiger partial charge in [0.1, 0.15) is 0 Å². The lowest BCUT2D eigenvalue weighted by Crippen LogP contribution is -2.45. The zero-order valence-electron chi connectivity index (χ0n) is 18.7. The van der Waals surface area contributed by atoms with Gasteiger partial charge in [0.05, 0.1) is 31.3 Å². The molecule has 0 saturated heterocycles. The van der Waals surface area contributed by atoms with Gasteiger partial charge in [-0.05, 0) is 43.4 Å². The highest BCUT2D eigenvalue weighted by Crippen LogP contribution is 2.33. The fourth-order valence-corrected chi connectivity index (χ4v) is 6.18. The van der Waals surface area contributed by atoms with Gasteiger partial charge >= 0.3 is 0 Å². The van der Waals surface area contributed by atoms with E-state index < -0.39 is 10.0 Å². The topological polar surface area (TPSA) is 84.9 Å². The van der Waals surface area contributed by atoms with Crippen molar-refractivity contribution in [1.82, 2.24) is 4.31 Å². The van der Waals surface area contributed by atoms with Gasteiger partial charge in [0.15, 0.2) is 11.5 Å². The van der Waals surface area contributed by atoms with E-state index in [1.54, 1.807) is 6.07 Å². The second-order valence-corrected chi connectivity index (χ2v) is 10.3. The van der Waals surface area contributed by atoms with Gasteiger partial charge in [0.25, 0.3) is 0 Å². The van der Waals surface area contributed by atoms with Crippen LogP contribution in [0.25, 0.3) is 0 Å². The van der Waals surface area contributed by atoms with Gasteiger partial charge in [-0.2, -0.15) is 4.31 Å². The zero-order chi connectivity index (χ0) is 23.1. The molecule has 1 amide bonds. The van der Waals surface area contributed by atoms with Crippen LogP contribution in [0.5, 0.6) is 11.5 Å². The Morgan fingerprint density at radius 2 is 1.75 bits per heavy atom. The maximum Gasteiger partial charge on any atom is 0.243 e. The summed E-state index contributed by atoms with van der Waals surface area (Å²) in [4.78, 5) is 14.0. The lowest BCUT2D eigenvalue weighted by atomic mass is 9.95. The van der Waals surface area contributed by atoms with E-state index in [1.807, 2.05) is 30.5 Å². The van der Waals surface area contributed by atoms with Gasteiger partial charge in [0, 0.05) is 17.0 Å². The largest absolute Gasteiger partial charge is 0.493 e. The Balaban J connectivity index is 1.90. The summed E-state index contributed by atoms with van der Waals surface area (Å²) >= 11 is 1.52. The molecule has 0 atom stereocenters. The molecular formula is C23H30N2O5S2. The number of hydrogen-bond donors (Lipinski definition) is 1. The molecule has 1 fully saturated rings. The van der Waals surface area contributed by atoms with Crippen LogP contribution in [0, 0.1) is 0 Å². The molecule has 174 valence electrons. The Kier molecular flexibility index (Phi) is 8.44. The van der Waals surface area contributed by atoms with Crippen molar-refractivity contribution in [3.05, 3.63) is 42.5 Å². The molecule has 1 aliphatic rings. The molecule has 0 radical (unpaired) electrons. The van der Waals surface area contributed by atoms with E-state index in [2.05, 4.69) is 5.32 Å². The summed E-state index contributed by atoms with van der Waals surface area (Å²) in [5.41, 5.74) is 0.678. The number of carbonyl (C=O) groups excluding carboxylic acids is 1. The number of benzene rings is 2. The molecule has 0 unspecified atom stereocenters. The number of rotatable bonds is 9. The highest BCUT2D eigenvalue weighted by Gasteiger charge is 2.34. The van der Waals surface area contributed by atoms with Gasteiger partial charge in [-0.1, -0.05) is 31.4 Å². The van der Waals surface area contributed by atoms with Gasteiger partial charge < -0.3 is 14.8 Å². The van der Waals surface area contributed by atoms with Crippen molar-refractivity contribution in [3.63, 3.8) is 0 Å². The summed E-state index contributed by atoms with van der Waals surface area (Å²) in [6.45, 7) is -0.246. The summed E-state index contributed by atoms with van der Waals surface area (Å²) in [5, 5.41) is 2.88. The number of ether oxygens (including phenoxy) is 2. The van der Waals surface area contributed by atoms with Crippen molar-refractivity contribution < 1.29 is 22.7 Å². The molecule has 7 nitrogen and oxygen atoms in total. The molecule has 0 aliphatic heterocycles. The first-order valence-corrected chi connectivity index (χ1v) is 13.2. The van der Waals surface area contributed by atoms with Crippen LogP contribution in [0.3, 0.4) is 0 Å². The molecule has 9 heteroatoms. The number of thioether (sulfide) groups is 1. The van der Waals surface area contributed by atoms with Crippen molar-refractivity contribution >= 4 is 33.4 Å². The number of carbonyl (C=O) groups is 1. The van der Waals surface area contributed by atoms with E-state index >= 15 is 0 Å². The summed E-state index contributed by atoms with van der Waals surface area (Å²) < 4.78 is 39.2. The number of nitrogens with zero attached hydrogens (tertiary/aromatic N) is 1. The minimum atomic E-state index is -3.93.